The third-order valence-electron chi connectivity index (χ3n) is 3.09. The third-order valence-corrected chi connectivity index (χ3v) is 3.09. The number of aromatic nitrogens is 2. The minimum atomic E-state index is 0.527. The molecule has 0 amide bonds. The van der Waals surface area contributed by atoms with Crippen LogP contribution in [0.1, 0.15) is 32.0 Å². The van der Waals surface area contributed by atoms with Crippen molar-refractivity contribution in [2.24, 2.45) is 0 Å². The molecule has 0 spiro atoms. The molecule has 2 heterocycles. The van der Waals surface area contributed by atoms with Gasteiger partial charge in [0.05, 0.1) is 0 Å². The van der Waals surface area contributed by atoms with E-state index in [0.717, 1.165) is 56.4 Å². The van der Waals surface area contributed by atoms with Gasteiger partial charge in [0.1, 0.15) is 17.5 Å². The Labute approximate surface area is 109 Å². The summed E-state index contributed by atoms with van der Waals surface area (Å²) in [4.78, 5) is 8.84. The highest BCUT2D eigenvalue weighted by molar-refractivity contribution is 5.48. The van der Waals surface area contributed by atoms with Gasteiger partial charge in [-0.2, -0.15) is 0 Å². The van der Waals surface area contributed by atoms with Crippen molar-refractivity contribution in [3.8, 4) is 0 Å². The molecule has 1 aliphatic heterocycles. The largest absolute Gasteiger partial charge is 0.370 e. The number of piperidine rings is 1. The lowest BCUT2D eigenvalue weighted by atomic mass is 10.1. The molecule has 0 saturated carbocycles. The number of aryl methyl sites for hydroxylation is 1. The summed E-state index contributed by atoms with van der Waals surface area (Å²) in [5.41, 5.74) is 0. The second kappa shape index (κ2) is 6.54. The fraction of sp³-hybridized carbons (Fsp3) is 0.692. The van der Waals surface area contributed by atoms with E-state index in [4.69, 9.17) is 0 Å². The van der Waals surface area contributed by atoms with Crippen LogP contribution in [0.2, 0.25) is 0 Å². The highest BCUT2D eigenvalue weighted by atomic mass is 15.1. The lowest BCUT2D eigenvalue weighted by Gasteiger charge is -2.24. The van der Waals surface area contributed by atoms with Crippen LogP contribution in [0.3, 0.4) is 0 Å². The average molecular weight is 249 g/mol. The zero-order valence-electron chi connectivity index (χ0n) is 11.3. The molecule has 1 saturated heterocycles. The van der Waals surface area contributed by atoms with E-state index < -0.39 is 0 Å². The van der Waals surface area contributed by atoms with E-state index >= 15 is 0 Å². The maximum absolute atomic E-state index is 4.45. The molecule has 1 fully saturated rings. The lowest BCUT2D eigenvalue weighted by molar-refractivity contribution is 0.478. The number of anilines is 2. The topological polar surface area (TPSA) is 61.9 Å². The fourth-order valence-corrected chi connectivity index (χ4v) is 2.16. The van der Waals surface area contributed by atoms with Gasteiger partial charge in [0.25, 0.3) is 0 Å². The molecule has 0 aromatic carbocycles. The average Bonchev–Trinajstić information content (AvgIpc) is 2.37. The molecule has 0 aliphatic carbocycles. The Hall–Kier alpha value is -1.36. The maximum Gasteiger partial charge on any atom is 0.132 e. The Balaban J connectivity index is 1.99. The molecular formula is C13H23N5. The van der Waals surface area contributed by atoms with Gasteiger partial charge in [0.15, 0.2) is 0 Å². The normalized spacial score (nSPS) is 16.6. The molecule has 1 aromatic rings. The molecule has 1 aromatic heterocycles. The first-order valence-corrected chi connectivity index (χ1v) is 6.84. The molecule has 5 heteroatoms. The SMILES string of the molecule is CCCNc1cc(NC2CCNCC2)nc(C)n1. The molecule has 0 atom stereocenters. The van der Waals surface area contributed by atoms with Crippen LogP contribution in [0.15, 0.2) is 6.07 Å². The van der Waals surface area contributed by atoms with E-state index in [-0.39, 0.29) is 0 Å². The van der Waals surface area contributed by atoms with Crippen LogP contribution in [0, 0.1) is 6.92 Å². The third kappa shape index (κ3) is 3.84. The summed E-state index contributed by atoms with van der Waals surface area (Å²) < 4.78 is 0. The van der Waals surface area contributed by atoms with Crippen LogP contribution in [0.5, 0.6) is 0 Å². The number of nitrogens with one attached hydrogen (secondary N) is 3. The smallest absolute Gasteiger partial charge is 0.132 e. The van der Waals surface area contributed by atoms with Crippen LogP contribution in [-0.2, 0) is 0 Å². The predicted molar refractivity (Wildman–Crippen MR) is 75.1 cm³/mol. The minimum absolute atomic E-state index is 0.527. The van der Waals surface area contributed by atoms with E-state index in [0.29, 0.717) is 6.04 Å². The molecule has 0 radical (unpaired) electrons. The van der Waals surface area contributed by atoms with Gasteiger partial charge in [-0.15, -0.1) is 0 Å². The van der Waals surface area contributed by atoms with Crippen molar-refractivity contribution in [3.05, 3.63) is 11.9 Å². The van der Waals surface area contributed by atoms with Crippen molar-refractivity contribution in [1.29, 1.82) is 0 Å². The maximum atomic E-state index is 4.45. The zero-order chi connectivity index (χ0) is 12.8. The van der Waals surface area contributed by atoms with Crippen molar-refractivity contribution in [2.45, 2.75) is 39.2 Å². The van der Waals surface area contributed by atoms with E-state index in [1.165, 1.54) is 0 Å². The van der Waals surface area contributed by atoms with Gasteiger partial charge in [-0.3, -0.25) is 0 Å². The van der Waals surface area contributed by atoms with Gasteiger partial charge >= 0.3 is 0 Å². The van der Waals surface area contributed by atoms with Crippen LogP contribution < -0.4 is 16.0 Å². The quantitative estimate of drug-likeness (QED) is 0.742. The second-order valence-corrected chi connectivity index (χ2v) is 4.78. The zero-order valence-corrected chi connectivity index (χ0v) is 11.3. The molecule has 1 aliphatic rings. The Morgan fingerprint density at radius 1 is 1.28 bits per heavy atom. The summed E-state index contributed by atoms with van der Waals surface area (Å²) in [6, 6.07) is 2.53. The second-order valence-electron chi connectivity index (χ2n) is 4.78. The summed E-state index contributed by atoms with van der Waals surface area (Å²) in [6.45, 7) is 7.20. The first-order valence-electron chi connectivity index (χ1n) is 6.84. The van der Waals surface area contributed by atoms with E-state index in [1.54, 1.807) is 0 Å². The summed E-state index contributed by atoms with van der Waals surface area (Å²) in [6.07, 6.45) is 3.40. The van der Waals surface area contributed by atoms with Gasteiger partial charge < -0.3 is 16.0 Å². The Bertz CT molecular complexity index is 374. The van der Waals surface area contributed by atoms with Crippen LogP contribution in [-0.4, -0.2) is 35.6 Å². The van der Waals surface area contributed by atoms with Crippen LogP contribution in [0.4, 0.5) is 11.6 Å². The number of hydrogen-bond acceptors (Lipinski definition) is 5. The van der Waals surface area contributed by atoms with Crippen molar-refractivity contribution < 1.29 is 0 Å². The number of hydrogen-bond donors (Lipinski definition) is 3. The first-order chi connectivity index (χ1) is 8.78. The molecule has 18 heavy (non-hydrogen) atoms. The first kappa shape index (κ1) is 13.1. The molecule has 5 nitrogen and oxygen atoms in total. The number of rotatable bonds is 5. The van der Waals surface area contributed by atoms with Gasteiger partial charge in [0.2, 0.25) is 0 Å². The molecular weight excluding hydrogens is 226 g/mol. The Morgan fingerprint density at radius 3 is 2.72 bits per heavy atom. The lowest BCUT2D eigenvalue weighted by Crippen LogP contribution is -2.35. The van der Waals surface area contributed by atoms with Crippen molar-refractivity contribution >= 4 is 11.6 Å². The minimum Gasteiger partial charge on any atom is -0.370 e. The van der Waals surface area contributed by atoms with Crippen molar-refractivity contribution in [1.82, 2.24) is 15.3 Å². The van der Waals surface area contributed by atoms with E-state index in [9.17, 15) is 0 Å². The summed E-state index contributed by atoms with van der Waals surface area (Å²) in [7, 11) is 0. The number of nitrogens with zero attached hydrogens (tertiary/aromatic N) is 2. The van der Waals surface area contributed by atoms with E-state index in [2.05, 4.69) is 32.8 Å². The standard InChI is InChI=1S/C13H23N5/c1-3-6-15-12-9-13(17-10(2)16-12)18-11-4-7-14-8-5-11/h9,11,14H,3-8H2,1-2H3,(H2,15,16,17,18). The molecule has 2 rings (SSSR count). The van der Waals surface area contributed by atoms with Crippen molar-refractivity contribution in [2.75, 3.05) is 30.3 Å². The van der Waals surface area contributed by atoms with Gasteiger partial charge in [-0.1, -0.05) is 6.92 Å². The molecule has 0 unspecified atom stereocenters. The van der Waals surface area contributed by atoms with Gasteiger partial charge in [-0.05, 0) is 39.3 Å². The van der Waals surface area contributed by atoms with Crippen LogP contribution >= 0.6 is 0 Å². The summed E-state index contributed by atoms with van der Waals surface area (Å²) in [5, 5.41) is 10.2. The fourth-order valence-electron chi connectivity index (χ4n) is 2.16. The highest BCUT2D eigenvalue weighted by Crippen LogP contribution is 2.15. The van der Waals surface area contributed by atoms with E-state index in [1.807, 2.05) is 13.0 Å². The Kier molecular flexibility index (Phi) is 4.75. The monoisotopic (exact) mass is 249 g/mol. The molecule has 100 valence electrons. The van der Waals surface area contributed by atoms with Crippen LogP contribution in [0.25, 0.3) is 0 Å². The van der Waals surface area contributed by atoms with Gasteiger partial charge in [-0.25, -0.2) is 9.97 Å². The molecule has 3 N–H and O–H groups in total. The highest BCUT2D eigenvalue weighted by Gasteiger charge is 2.13. The molecule has 0 bridgehead atoms. The van der Waals surface area contributed by atoms with Crippen molar-refractivity contribution in [3.63, 3.8) is 0 Å². The summed E-state index contributed by atoms with van der Waals surface area (Å²) in [5.74, 6) is 2.67. The predicted octanol–water partition coefficient (Wildman–Crippen LogP) is 1.77. The summed E-state index contributed by atoms with van der Waals surface area (Å²) >= 11 is 0. The Morgan fingerprint density at radius 2 is 2.00 bits per heavy atom. The van der Waals surface area contributed by atoms with Gasteiger partial charge in [0, 0.05) is 18.7 Å².